The van der Waals surface area contributed by atoms with Gasteiger partial charge < -0.3 is 0 Å². The summed E-state index contributed by atoms with van der Waals surface area (Å²) >= 11 is 3.56. The van der Waals surface area contributed by atoms with Crippen LogP contribution in [0.2, 0.25) is 0 Å². The fraction of sp³-hybridized carbons (Fsp3) is 0.286. The van der Waals surface area contributed by atoms with Crippen LogP contribution in [-0.4, -0.2) is 5.33 Å². The Bertz CT molecular complexity index is 364. The smallest absolute Gasteiger partial charge is 0.0177 e. The van der Waals surface area contributed by atoms with Gasteiger partial charge >= 0.3 is 0 Å². The van der Waals surface area contributed by atoms with Gasteiger partial charge in [-0.05, 0) is 18.4 Å². The van der Waals surface area contributed by atoms with Crippen molar-refractivity contribution in [2.24, 2.45) is 0 Å². The molecule has 0 spiro atoms. The van der Waals surface area contributed by atoms with Crippen molar-refractivity contribution in [2.75, 3.05) is 5.33 Å². The summed E-state index contributed by atoms with van der Waals surface area (Å²) in [4.78, 5) is 0. The predicted octanol–water partition coefficient (Wildman–Crippen LogP) is 4.23. The third-order valence-corrected chi connectivity index (χ3v) is 3.43. The molecule has 0 saturated heterocycles. The van der Waals surface area contributed by atoms with E-state index in [1.54, 1.807) is 0 Å². The Morgan fingerprint density at radius 3 is 2.53 bits per heavy atom. The van der Waals surface area contributed by atoms with Crippen molar-refractivity contribution in [3.63, 3.8) is 0 Å². The van der Waals surface area contributed by atoms with Crippen LogP contribution in [0.15, 0.2) is 54.6 Å². The van der Waals surface area contributed by atoms with E-state index in [2.05, 4.69) is 70.6 Å². The van der Waals surface area contributed by atoms with Gasteiger partial charge in [-0.2, -0.15) is 0 Å². The Morgan fingerprint density at radius 1 is 1.13 bits per heavy atom. The fourth-order valence-electron chi connectivity index (χ4n) is 2.15. The Balaban J connectivity index is 2.35. The van der Waals surface area contributed by atoms with Gasteiger partial charge in [-0.1, -0.05) is 70.6 Å². The third kappa shape index (κ3) is 2.23. The van der Waals surface area contributed by atoms with Gasteiger partial charge in [0.05, 0.1) is 0 Å². The molecule has 1 aliphatic rings. The van der Waals surface area contributed by atoms with Crippen LogP contribution < -0.4 is 0 Å². The highest BCUT2D eigenvalue weighted by atomic mass is 79.9. The SMILES string of the molecule is BrCCC1(c2ccccc2)C=CC=CC1. The molecular weight excluding hydrogens is 248 g/mol. The molecule has 0 amide bonds. The van der Waals surface area contributed by atoms with Crippen LogP contribution in [0.3, 0.4) is 0 Å². The number of alkyl halides is 1. The lowest BCUT2D eigenvalue weighted by Crippen LogP contribution is -2.24. The molecule has 0 aliphatic heterocycles. The molecule has 1 unspecified atom stereocenters. The first kappa shape index (κ1) is 10.7. The molecule has 0 bridgehead atoms. The summed E-state index contributed by atoms with van der Waals surface area (Å²) in [5.74, 6) is 0. The molecule has 0 N–H and O–H groups in total. The molecule has 1 heteroatoms. The minimum Gasteiger partial charge on any atom is -0.0928 e. The molecule has 0 fully saturated rings. The van der Waals surface area contributed by atoms with Crippen LogP contribution in [0.4, 0.5) is 0 Å². The molecule has 0 aromatic heterocycles. The number of allylic oxidation sites excluding steroid dienone is 4. The lowest BCUT2D eigenvalue weighted by atomic mass is 9.73. The van der Waals surface area contributed by atoms with E-state index in [1.807, 2.05) is 0 Å². The average Bonchev–Trinajstić information content (AvgIpc) is 2.32. The molecule has 78 valence electrons. The maximum absolute atomic E-state index is 3.56. The first-order chi connectivity index (χ1) is 7.37. The fourth-order valence-corrected chi connectivity index (χ4v) is 2.85. The van der Waals surface area contributed by atoms with Crippen LogP contribution >= 0.6 is 15.9 Å². The molecule has 0 saturated carbocycles. The maximum Gasteiger partial charge on any atom is 0.0177 e. The second-order valence-corrected chi connectivity index (χ2v) is 4.75. The van der Waals surface area contributed by atoms with Gasteiger partial charge in [-0.3, -0.25) is 0 Å². The van der Waals surface area contributed by atoms with Crippen molar-refractivity contribution < 1.29 is 0 Å². The minimum absolute atomic E-state index is 0.208. The first-order valence-electron chi connectivity index (χ1n) is 5.33. The molecule has 1 atom stereocenters. The van der Waals surface area contributed by atoms with Crippen LogP contribution in [0.5, 0.6) is 0 Å². The van der Waals surface area contributed by atoms with Crippen molar-refractivity contribution in [2.45, 2.75) is 18.3 Å². The van der Waals surface area contributed by atoms with Crippen LogP contribution in [-0.2, 0) is 5.41 Å². The lowest BCUT2D eigenvalue weighted by Gasteiger charge is -2.31. The van der Waals surface area contributed by atoms with Crippen molar-refractivity contribution in [3.05, 3.63) is 60.2 Å². The van der Waals surface area contributed by atoms with Crippen LogP contribution in [0.25, 0.3) is 0 Å². The van der Waals surface area contributed by atoms with Gasteiger partial charge in [-0.25, -0.2) is 0 Å². The summed E-state index contributed by atoms with van der Waals surface area (Å²) in [7, 11) is 0. The summed E-state index contributed by atoms with van der Waals surface area (Å²) in [6.07, 6.45) is 11.2. The van der Waals surface area contributed by atoms with E-state index in [1.165, 1.54) is 5.56 Å². The standard InChI is InChI=1S/C14H15Br/c15-12-11-14(9-5-2-6-10-14)13-7-3-1-4-8-13/h1-9H,10-12H2. The Hall–Kier alpha value is -0.820. The average molecular weight is 263 g/mol. The van der Waals surface area contributed by atoms with Gasteiger partial charge in [0.15, 0.2) is 0 Å². The predicted molar refractivity (Wildman–Crippen MR) is 69.4 cm³/mol. The number of halogens is 1. The van der Waals surface area contributed by atoms with E-state index in [9.17, 15) is 0 Å². The summed E-state index contributed by atoms with van der Waals surface area (Å²) in [5, 5.41) is 1.04. The van der Waals surface area contributed by atoms with E-state index in [0.717, 1.165) is 18.2 Å². The largest absolute Gasteiger partial charge is 0.0928 e. The number of hydrogen-bond donors (Lipinski definition) is 0. The van der Waals surface area contributed by atoms with Crippen molar-refractivity contribution in [1.82, 2.24) is 0 Å². The molecule has 2 rings (SSSR count). The van der Waals surface area contributed by atoms with Gasteiger partial charge in [0, 0.05) is 10.7 Å². The van der Waals surface area contributed by atoms with Gasteiger partial charge in [0.25, 0.3) is 0 Å². The lowest BCUT2D eigenvalue weighted by molar-refractivity contribution is 0.524. The Kier molecular flexibility index (Phi) is 3.42. The van der Waals surface area contributed by atoms with E-state index in [4.69, 9.17) is 0 Å². The van der Waals surface area contributed by atoms with Gasteiger partial charge in [0.2, 0.25) is 0 Å². The summed E-state index contributed by atoms with van der Waals surface area (Å²) in [6, 6.07) is 10.8. The second-order valence-electron chi connectivity index (χ2n) is 3.95. The maximum atomic E-state index is 3.56. The summed E-state index contributed by atoms with van der Waals surface area (Å²) in [6.45, 7) is 0. The molecule has 1 aromatic rings. The van der Waals surface area contributed by atoms with E-state index >= 15 is 0 Å². The van der Waals surface area contributed by atoms with Crippen molar-refractivity contribution in [1.29, 1.82) is 0 Å². The summed E-state index contributed by atoms with van der Waals surface area (Å²) in [5.41, 5.74) is 1.63. The molecule has 1 aliphatic carbocycles. The van der Waals surface area contributed by atoms with Gasteiger partial charge in [-0.15, -0.1) is 0 Å². The molecule has 0 radical (unpaired) electrons. The zero-order valence-electron chi connectivity index (χ0n) is 8.70. The highest BCUT2D eigenvalue weighted by molar-refractivity contribution is 9.09. The number of rotatable bonds is 3. The topological polar surface area (TPSA) is 0 Å². The van der Waals surface area contributed by atoms with Crippen LogP contribution in [0, 0.1) is 0 Å². The Labute approximate surface area is 99.8 Å². The number of benzene rings is 1. The van der Waals surface area contributed by atoms with Crippen LogP contribution in [0.1, 0.15) is 18.4 Å². The first-order valence-corrected chi connectivity index (χ1v) is 6.45. The van der Waals surface area contributed by atoms with E-state index < -0.39 is 0 Å². The molecule has 15 heavy (non-hydrogen) atoms. The minimum atomic E-state index is 0.208. The zero-order chi connectivity index (χ0) is 10.6. The molecule has 0 heterocycles. The van der Waals surface area contributed by atoms with Gasteiger partial charge in [0.1, 0.15) is 0 Å². The zero-order valence-corrected chi connectivity index (χ0v) is 10.3. The van der Waals surface area contributed by atoms with Crippen molar-refractivity contribution in [3.8, 4) is 0 Å². The number of hydrogen-bond acceptors (Lipinski definition) is 0. The molecular formula is C14H15Br. The highest BCUT2D eigenvalue weighted by Crippen LogP contribution is 2.36. The molecule has 0 nitrogen and oxygen atoms in total. The van der Waals surface area contributed by atoms with E-state index in [0.29, 0.717) is 0 Å². The van der Waals surface area contributed by atoms with E-state index in [-0.39, 0.29) is 5.41 Å². The highest BCUT2D eigenvalue weighted by Gasteiger charge is 2.28. The quantitative estimate of drug-likeness (QED) is 0.716. The third-order valence-electron chi connectivity index (χ3n) is 3.03. The molecule has 1 aromatic carbocycles. The summed E-state index contributed by atoms with van der Waals surface area (Å²) < 4.78 is 0. The Morgan fingerprint density at radius 2 is 1.93 bits per heavy atom. The normalized spacial score (nSPS) is 24.3. The van der Waals surface area contributed by atoms with Crippen molar-refractivity contribution >= 4 is 15.9 Å². The second kappa shape index (κ2) is 4.80. The monoisotopic (exact) mass is 262 g/mol.